The van der Waals surface area contributed by atoms with Crippen molar-refractivity contribution in [3.63, 3.8) is 0 Å². The number of nitrogens with one attached hydrogen (secondary N) is 1. The van der Waals surface area contributed by atoms with Crippen LogP contribution in [0, 0.1) is 0 Å². The van der Waals surface area contributed by atoms with E-state index in [0.29, 0.717) is 5.56 Å². The third kappa shape index (κ3) is 5.48. The molecule has 5 aromatic rings. The van der Waals surface area contributed by atoms with Gasteiger partial charge in [-0.1, -0.05) is 103 Å². The van der Waals surface area contributed by atoms with Gasteiger partial charge in [-0.3, -0.25) is 4.79 Å². The van der Waals surface area contributed by atoms with Crippen molar-refractivity contribution in [1.29, 1.82) is 0 Å². The molecule has 36 heavy (non-hydrogen) atoms. The molecule has 4 aromatic carbocycles. The minimum absolute atomic E-state index is 0.299. The van der Waals surface area contributed by atoms with Gasteiger partial charge in [0.2, 0.25) is 0 Å². The number of carbonyl (C=O) groups excluding carboxylic acids is 1. The Bertz CT molecular complexity index is 1560. The fourth-order valence-corrected chi connectivity index (χ4v) is 4.30. The zero-order valence-corrected chi connectivity index (χ0v) is 20.9. The van der Waals surface area contributed by atoms with E-state index in [2.05, 4.69) is 50.7 Å². The lowest BCUT2D eigenvalue weighted by molar-refractivity contribution is 0.0956. The Kier molecular flexibility index (Phi) is 7.10. The van der Waals surface area contributed by atoms with E-state index in [1.165, 1.54) is 0 Å². The van der Waals surface area contributed by atoms with Crippen LogP contribution in [0.5, 0.6) is 0 Å². The van der Waals surface area contributed by atoms with Gasteiger partial charge in [0.05, 0.1) is 23.0 Å². The van der Waals surface area contributed by atoms with Gasteiger partial charge in [-0.05, 0) is 50.8 Å². The van der Waals surface area contributed by atoms with Crippen LogP contribution in [0.3, 0.4) is 0 Å². The number of allylic oxidation sites excluding steroid dienone is 1. The van der Waals surface area contributed by atoms with Crippen LogP contribution < -0.4 is 5.43 Å². The minimum atomic E-state index is -0.299. The summed E-state index contributed by atoms with van der Waals surface area (Å²) in [6.07, 6.45) is 3.49. The minimum Gasteiger partial charge on any atom is -0.267 e. The molecule has 174 valence electrons. The second-order valence-electron chi connectivity index (χ2n) is 8.15. The van der Waals surface area contributed by atoms with E-state index in [4.69, 9.17) is 4.98 Å². The molecule has 0 fully saturated rings. The van der Waals surface area contributed by atoms with Gasteiger partial charge < -0.3 is 0 Å². The summed E-state index contributed by atoms with van der Waals surface area (Å²) in [5.74, 6) is -0.299. The molecule has 0 radical (unpaired) electrons. The number of carbonyl (C=O) groups is 1. The van der Waals surface area contributed by atoms with Gasteiger partial charge in [-0.2, -0.15) is 5.10 Å². The second-order valence-corrected chi connectivity index (χ2v) is 9.07. The predicted molar refractivity (Wildman–Crippen MR) is 152 cm³/mol. The number of amides is 1. The number of hydrazone groups is 1. The number of benzene rings is 4. The summed E-state index contributed by atoms with van der Waals surface area (Å²) in [4.78, 5) is 17.9. The van der Waals surface area contributed by atoms with E-state index in [9.17, 15) is 4.79 Å². The molecule has 0 saturated carbocycles. The lowest BCUT2D eigenvalue weighted by Gasteiger charge is -2.10. The quantitative estimate of drug-likeness (QED) is 0.180. The molecule has 0 aliphatic carbocycles. The summed E-state index contributed by atoms with van der Waals surface area (Å²) < 4.78 is 0.743. The summed E-state index contributed by atoms with van der Waals surface area (Å²) >= 11 is 3.48. The molecule has 5 rings (SSSR count). The zero-order valence-electron chi connectivity index (χ0n) is 19.3. The highest BCUT2D eigenvalue weighted by Gasteiger charge is 2.14. The first-order chi connectivity index (χ1) is 17.7. The Morgan fingerprint density at radius 1 is 0.750 bits per heavy atom. The Morgan fingerprint density at radius 3 is 2.11 bits per heavy atom. The van der Waals surface area contributed by atoms with Crippen LogP contribution in [0.15, 0.2) is 125 Å². The first-order valence-electron chi connectivity index (χ1n) is 11.5. The van der Waals surface area contributed by atoms with Crippen molar-refractivity contribution in [2.24, 2.45) is 5.10 Å². The van der Waals surface area contributed by atoms with Crippen LogP contribution in [-0.4, -0.2) is 17.1 Å². The molecule has 5 heteroatoms. The number of hydrogen-bond acceptors (Lipinski definition) is 3. The number of halogens is 1. The topological polar surface area (TPSA) is 54.4 Å². The predicted octanol–water partition coefficient (Wildman–Crippen LogP) is 7.72. The van der Waals surface area contributed by atoms with E-state index in [-0.39, 0.29) is 5.91 Å². The fourth-order valence-electron chi connectivity index (χ4n) is 3.93. The molecule has 1 aromatic heterocycles. The first kappa shape index (κ1) is 23.4. The van der Waals surface area contributed by atoms with E-state index < -0.39 is 0 Å². The Labute approximate surface area is 218 Å². The van der Waals surface area contributed by atoms with Crippen LogP contribution >= 0.6 is 15.9 Å². The van der Waals surface area contributed by atoms with Crippen molar-refractivity contribution in [3.05, 3.63) is 131 Å². The first-order valence-corrected chi connectivity index (χ1v) is 12.3. The maximum Gasteiger partial charge on any atom is 0.272 e. The van der Waals surface area contributed by atoms with Gasteiger partial charge in [0, 0.05) is 15.4 Å². The highest BCUT2D eigenvalue weighted by molar-refractivity contribution is 9.12. The van der Waals surface area contributed by atoms with Crippen molar-refractivity contribution in [3.8, 4) is 22.4 Å². The van der Waals surface area contributed by atoms with E-state index >= 15 is 0 Å². The summed E-state index contributed by atoms with van der Waals surface area (Å²) in [5.41, 5.74) is 8.90. The number of nitrogens with zero attached hydrogens (tertiary/aromatic N) is 2. The van der Waals surface area contributed by atoms with E-state index in [0.717, 1.165) is 43.3 Å². The van der Waals surface area contributed by atoms with Crippen molar-refractivity contribution < 1.29 is 4.79 Å². The second kappa shape index (κ2) is 10.9. The lowest BCUT2D eigenvalue weighted by atomic mass is 10.0. The van der Waals surface area contributed by atoms with Gasteiger partial charge in [-0.25, -0.2) is 10.4 Å². The fraction of sp³-hybridized carbons (Fsp3) is 0. The molecule has 1 N–H and O–H groups in total. The largest absolute Gasteiger partial charge is 0.272 e. The maximum atomic E-state index is 13.1. The number of fused-ring (bicyclic) bond motifs is 1. The molecular formula is C31H22BrN3O. The monoisotopic (exact) mass is 531 g/mol. The Morgan fingerprint density at radius 2 is 1.36 bits per heavy atom. The van der Waals surface area contributed by atoms with Crippen LogP contribution in [0.25, 0.3) is 39.4 Å². The Hall–Kier alpha value is -4.35. The molecule has 0 bridgehead atoms. The van der Waals surface area contributed by atoms with Crippen molar-refractivity contribution in [2.75, 3.05) is 0 Å². The number of hydrogen-bond donors (Lipinski definition) is 1. The maximum absolute atomic E-state index is 13.1. The van der Waals surface area contributed by atoms with Crippen LogP contribution in [-0.2, 0) is 0 Å². The lowest BCUT2D eigenvalue weighted by Crippen LogP contribution is -2.18. The average molecular weight is 532 g/mol. The molecule has 0 saturated heterocycles. The number of aromatic nitrogens is 1. The van der Waals surface area contributed by atoms with Crippen LogP contribution in [0.2, 0.25) is 0 Å². The average Bonchev–Trinajstić information content (AvgIpc) is 2.93. The Balaban J connectivity index is 1.41. The normalized spacial score (nSPS) is 11.6. The van der Waals surface area contributed by atoms with Gasteiger partial charge in [0.1, 0.15) is 0 Å². The number of para-hydroxylation sites is 1. The summed E-state index contributed by atoms with van der Waals surface area (Å²) in [5, 5.41) is 4.91. The van der Waals surface area contributed by atoms with Gasteiger partial charge in [0.25, 0.3) is 5.91 Å². The number of pyridine rings is 1. The summed E-state index contributed by atoms with van der Waals surface area (Å²) in [6.45, 7) is 0. The summed E-state index contributed by atoms with van der Waals surface area (Å²) in [7, 11) is 0. The standard InChI is InChI=1S/C31H22BrN3O/c32-26(19-22-9-3-1-4-10-22)21-33-35-31(36)28-20-30(34-29-14-8-7-13-27(28)29)25-17-15-24(16-18-25)23-11-5-2-6-12-23/h1-21H,(H,35,36)/b26-19-,33-21+. The summed E-state index contributed by atoms with van der Waals surface area (Å²) in [6, 6.07) is 37.8. The van der Waals surface area contributed by atoms with Gasteiger partial charge in [-0.15, -0.1) is 0 Å². The highest BCUT2D eigenvalue weighted by Crippen LogP contribution is 2.27. The van der Waals surface area contributed by atoms with Crippen molar-refractivity contribution in [1.82, 2.24) is 10.4 Å². The smallest absolute Gasteiger partial charge is 0.267 e. The SMILES string of the molecule is O=C(N/N=C/C(Br)=C/c1ccccc1)c1cc(-c2ccc(-c3ccccc3)cc2)nc2ccccc12. The van der Waals surface area contributed by atoms with E-state index in [1.807, 2.05) is 97.1 Å². The van der Waals surface area contributed by atoms with Gasteiger partial charge in [0.15, 0.2) is 0 Å². The number of rotatable bonds is 6. The van der Waals surface area contributed by atoms with Crippen LogP contribution in [0.1, 0.15) is 15.9 Å². The van der Waals surface area contributed by atoms with E-state index in [1.54, 1.807) is 6.21 Å². The van der Waals surface area contributed by atoms with Crippen LogP contribution in [0.4, 0.5) is 0 Å². The molecule has 1 amide bonds. The molecular weight excluding hydrogens is 510 g/mol. The molecule has 0 atom stereocenters. The van der Waals surface area contributed by atoms with Gasteiger partial charge >= 0.3 is 0 Å². The molecule has 0 unspecified atom stereocenters. The molecule has 0 aliphatic rings. The third-order valence-electron chi connectivity index (χ3n) is 5.71. The van der Waals surface area contributed by atoms with Crippen molar-refractivity contribution in [2.45, 2.75) is 0 Å². The molecule has 0 aliphatic heterocycles. The molecule has 0 spiro atoms. The molecule has 4 nitrogen and oxygen atoms in total. The molecule has 1 heterocycles. The van der Waals surface area contributed by atoms with Crippen molar-refractivity contribution >= 4 is 45.0 Å². The highest BCUT2D eigenvalue weighted by atomic mass is 79.9. The third-order valence-corrected chi connectivity index (χ3v) is 6.14. The zero-order chi connectivity index (χ0) is 24.7.